The number of para-hydroxylation sites is 1. The lowest BCUT2D eigenvalue weighted by molar-refractivity contribution is -0.105. The van der Waals surface area contributed by atoms with E-state index in [0.29, 0.717) is 17.7 Å². The van der Waals surface area contributed by atoms with Crippen LogP contribution in [0.1, 0.15) is 36.7 Å². The summed E-state index contributed by atoms with van der Waals surface area (Å²) in [7, 11) is 146. The monoisotopic (exact) mass is 2860 g/mol. The van der Waals surface area contributed by atoms with Crippen molar-refractivity contribution in [2.75, 3.05) is 5.32 Å². The summed E-state index contributed by atoms with van der Waals surface area (Å²) in [4.78, 5) is 21.3. The molecule has 0 unspecified atom stereocenters. The highest BCUT2D eigenvalue weighted by Gasteiger charge is 2.19. The van der Waals surface area contributed by atoms with Gasteiger partial charge in [0.05, 0.1) is 5.69 Å². The number of carbonyl (C=O) groups excluding carboxylic acids is 2. The van der Waals surface area contributed by atoms with E-state index in [1.54, 1.807) is 113 Å². The molecule has 1 amide bonds. The predicted octanol–water partition coefficient (Wildman–Crippen LogP) is 2.17. The summed E-state index contributed by atoms with van der Waals surface area (Å²) in [5.41, 5.74) is 1.97. The van der Waals surface area contributed by atoms with Gasteiger partial charge in [0.25, 0.3) is 0 Å². The van der Waals surface area contributed by atoms with Crippen LogP contribution in [0, 0.1) is 0 Å². The van der Waals surface area contributed by atoms with Gasteiger partial charge < -0.3 is 5.32 Å². The molecule has 0 aliphatic rings. The lowest BCUT2D eigenvalue weighted by Crippen LogP contribution is -2.15. The first-order valence-electron chi connectivity index (χ1n) is 18.5. The molecule has 3 nitrogen and oxygen atoms in total. The van der Waals surface area contributed by atoms with Crippen LogP contribution >= 0.6 is 0 Å². The SMILES string of the molecule is CC(C)(C)c1cccc(C=O)c1NC=O.S=S=S=S=S=S=S=S=S=S=S=S=S=S=S=S=S=S=S=S=S=S=S=S=S=S=S=S=S=S=S=S=S=S=S=S=S=S=S=S=S=S=S=S=S=S=S=S=S=S=S=S=S=S=S=S=S=S=S=S=S=S=S=S=S=S=S=S=S=S=S=S=S=S=S=S=S=S=S=S=S=S=S. The minimum atomic E-state index is -0.107. The highest BCUT2D eigenvalue weighted by molar-refractivity contribution is 8.85. The van der Waals surface area contributed by atoms with Crippen molar-refractivity contribution in [3.63, 3.8) is 0 Å². The molecule has 1 aromatic rings. The second kappa shape index (κ2) is 102. The third-order valence-electron chi connectivity index (χ3n) is 4.46. The number of anilines is 1. The summed E-state index contributed by atoms with van der Waals surface area (Å²) in [6, 6.07) is 5.42. The van der Waals surface area contributed by atoms with Crippen molar-refractivity contribution >= 4 is 760 Å². The zero-order valence-corrected chi connectivity index (χ0v) is 111. The Kier molecular flexibility index (Phi) is 120. The van der Waals surface area contributed by atoms with E-state index < -0.39 is 0 Å². The molecule has 0 fully saturated rings. The van der Waals surface area contributed by atoms with Crippen molar-refractivity contribution in [2.45, 2.75) is 26.2 Å². The second-order valence-electron chi connectivity index (χ2n) is 9.91. The van der Waals surface area contributed by atoms with Crippen LogP contribution in [0.4, 0.5) is 5.69 Å². The van der Waals surface area contributed by atoms with Gasteiger partial charge in [-0.15, -0.1) is 0 Å². The number of hydrogen-bond acceptors (Lipinski definition) is 4. The van der Waals surface area contributed by atoms with Gasteiger partial charge in [-0.3, -0.25) is 9.59 Å². The van der Waals surface area contributed by atoms with Crippen molar-refractivity contribution in [1.82, 2.24) is 0 Å². The number of rotatable bonds is 3. The third kappa shape index (κ3) is 94.9. The van der Waals surface area contributed by atoms with Gasteiger partial charge in [-0.1, -0.05) is 32.9 Å². The standard InChI is InChI=1S/C12H15NO2.S83/c1-12(2,3)10-6-4-5-9(7-14)11(10)13-8-15;1-3-5-7-9-11-13-15-17-19-21-23-25-27-29-31-33-35-37-39-41-43-45-47-49-51-53-55-57-59-61-63-65-67-69-71-73-75-77-79-81-83-82-80-78-76-74-72-70-68-66-64-62-60-58-56-54-52-50-48-46-44-42-40-38-36-34-32-30-28-26-24-22-20-18-16-14-12-10-8-6-4-2/h4-8H,1-3H3,(H,13,15);. The Morgan fingerprint density at radius 3 is 0.469 bits per heavy atom. The highest BCUT2D eigenvalue weighted by atomic mass is 33.6. The fraction of sp³-hybridized carbons (Fsp3) is 0.333. The predicted molar refractivity (Wildman–Crippen MR) is 672 cm³/mol. The number of aldehydes is 1. The molecule has 0 saturated heterocycles. The Morgan fingerprint density at radius 1 is 0.235 bits per heavy atom. The van der Waals surface area contributed by atoms with Crippen molar-refractivity contribution in [2.24, 2.45) is 0 Å². The Morgan fingerprint density at radius 2 is 0.367 bits per heavy atom. The largest absolute Gasteiger partial charge is 0.328 e. The Balaban J connectivity index is 0.00000548. The van der Waals surface area contributed by atoms with Crippen molar-refractivity contribution in [1.29, 1.82) is 0 Å². The van der Waals surface area contributed by atoms with Gasteiger partial charge in [0, 0.05) is 747 Å². The van der Waals surface area contributed by atoms with Crippen LogP contribution in [-0.4, -0.2) is 12.7 Å². The minimum absolute atomic E-state index is 0.107. The van der Waals surface area contributed by atoms with Gasteiger partial charge in [0.2, 0.25) is 6.41 Å². The van der Waals surface area contributed by atoms with Gasteiger partial charge in [-0.05, 0) is 17.0 Å². The number of benzene rings is 1. The summed E-state index contributed by atoms with van der Waals surface area (Å²) in [6.45, 7) is 6.10. The topological polar surface area (TPSA) is 46.2 Å². The number of hydrogen-bond donors (Lipinski definition) is 1. The molecule has 1 rings (SSSR count). The first-order valence-corrected chi connectivity index (χ1v) is 128. The van der Waals surface area contributed by atoms with Crippen LogP contribution in [0.2, 0.25) is 0 Å². The molecule has 0 aliphatic carbocycles. The van der Waals surface area contributed by atoms with E-state index in [2.05, 4.69) is 5.32 Å². The minimum Gasteiger partial charge on any atom is -0.328 e. The average molecular weight is 2870 g/mol. The van der Waals surface area contributed by atoms with E-state index in [4.69, 9.17) is 22.4 Å². The number of nitrogens with one attached hydrogen (secondary N) is 1. The molecule has 0 heterocycles. The van der Waals surface area contributed by atoms with Crippen LogP contribution in [-0.2, 0) is 752 Å². The van der Waals surface area contributed by atoms with Crippen molar-refractivity contribution in [3.8, 4) is 0 Å². The lowest BCUT2D eigenvalue weighted by Gasteiger charge is -2.23. The maximum absolute atomic E-state index is 10.8. The smallest absolute Gasteiger partial charge is 0.211 e. The highest BCUT2D eigenvalue weighted by Crippen LogP contribution is 2.31. The normalized spacial score (nSPS) is 8.32. The van der Waals surface area contributed by atoms with Gasteiger partial charge in [0.15, 0.2) is 6.29 Å². The van der Waals surface area contributed by atoms with Crippen LogP contribution in [0.3, 0.4) is 0 Å². The fourth-order valence-electron chi connectivity index (χ4n) is 2.41. The fourth-order valence-corrected chi connectivity index (χ4v) is 219. The first-order chi connectivity index (χ1) is 48.4. The first kappa shape index (κ1) is 115. The summed E-state index contributed by atoms with van der Waals surface area (Å²) in [5, 5.41) is 2.59. The van der Waals surface area contributed by atoms with E-state index in [9.17, 15) is 9.59 Å². The summed E-state index contributed by atoms with van der Waals surface area (Å²) < 4.78 is 0. The molecule has 0 bridgehead atoms. The third-order valence-corrected chi connectivity index (χ3v) is 182. The van der Waals surface area contributed by atoms with E-state index >= 15 is 0 Å². The zero-order valence-electron chi connectivity index (χ0n) is 43.1. The maximum Gasteiger partial charge on any atom is 0.211 e. The molecule has 0 atom stereocenters. The Bertz CT molecular complexity index is 6800. The molecular formula is C12H15NO2S83. The summed E-state index contributed by atoms with van der Waals surface area (Å²) in [6.07, 6.45) is 1.35. The molecule has 98 heavy (non-hydrogen) atoms. The molecule has 1 aromatic carbocycles. The van der Waals surface area contributed by atoms with Gasteiger partial charge in [0.1, 0.15) is 0 Å². The van der Waals surface area contributed by atoms with Crippen LogP contribution in [0.15, 0.2) is 18.2 Å². The van der Waals surface area contributed by atoms with Gasteiger partial charge >= 0.3 is 0 Å². The van der Waals surface area contributed by atoms with E-state index in [1.807, 2.05) is 628 Å². The molecule has 578 valence electrons. The lowest BCUT2D eigenvalue weighted by atomic mass is 9.84. The molecule has 0 saturated carbocycles. The summed E-state index contributed by atoms with van der Waals surface area (Å²) in [5.74, 6) is 0. The second-order valence-corrected chi connectivity index (χ2v) is 153. The van der Waals surface area contributed by atoms with Crippen molar-refractivity contribution in [3.05, 3.63) is 29.3 Å². The quantitative estimate of drug-likeness (QED) is 0.473. The molecule has 0 aromatic heterocycles. The van der Waals surface area contributed by atoms with Crippen LogP contribution < -0.4 is 5.32 Å². The molecule has 86 heteroatoms. The van der Waals surface area contributed by atoms with Gasteiger partial charge in [-0.25, -0.2) is 0 Å². The number of amides is 1. The van der Waals surface area contributed by atoms with Crippen LogP contribution in [0.5, 0.6) is 0 Å². The maximum atomic E-state index is 10.8. The van der Waals surface area contributed by atoms with Crippen molar-refractivity contribution < 1.29 is 9.59 Å². The summed E-state index contributed by atoms with van der Waals surface area (Å²) >= 11 is 9.65. The zero-order chi connectivity index (χ0) is 70.8. The Labute approximate surface area is 806 Å². The average Bonchev–Trinajstić information content (AvgIpc) is 0.822. The Hall–Kier alpha value is 16.6. The molecule has 1 N–H and O–H groups in total. The molecule has 0 aliphatic heterocycles. The molecule has 0 radical (unpaired) electrons. The van der Waals surface area contributed by atoms with E-state index in [1.165, 1.54) is 17.8 Å². The number of carbonyl (C=O) groups is 2. The van der Waals surface area contributed by atoms with E-state index in [0.717, 1.165) is 11.8 Å². The molecule has 0 spiro atoms. The van der Waals surface area contributed by atoms with Gasteiger partial charge in [-0.2, -0.15) is 0 Å². The molecular weight excluding hydrogens is 2850 g/mol. The van der Waals surface area contributed by atoms with E-state index in [-0.39, 0.29) is 5.41 Å². The van der Waals surface area contributed by atoms with Crippen LogP contribution in [0.25, 0.3) is 0 Å².